The molecular weight excluding hydrogens is 188 g/mol. The minimum absolute atomic E-state index is 0.448. The molecule has 0 bridgehead atoms. The Morgan fingerprint density at radius 2 is 2.31 bits per heavy atom. The first-order valence-corrected chi connectivity index (χ1v) is 5.24. The molecule has 1 aliphatic rings. The third-order valence-electron chi connectivity index (χ3n) is 2.08. The summed E-state index contributed by atoms with van der Waals surface area (Å²) < 4.78 is 25.0. The molecule has 0 fully saturated rings. The lowest BCUT2D eigenvalue weighted by atomic mass is 10.1. The summed E-state index contributed by atoms with van der Waals surface area (Å²) in [7, 11) is 0. The first-order valence-electron chi connectivity index (χ1n) is 4.14. The molecule has 1 aliphatic heterocycles. The predicted molar refractivity (Wildman–Crippen MR) is 49.3 cm³/mol. The van der Waals surface area contributed by atoms with Crippen LogP contribution in [0.4, 0.5) is 0 Å². The van der Waals surface area contributed by atoms with Crippen molar-refractivity contribution in [2.75, 3.05) is 6.61 Å². The maximum atomic E-state index is 10.8. The summed E-state index contributed by atoms with van der Waals surface area (Å²) in [6, 6.07) is 5.13. The Hall–Kier alpha value is -0.870. The molecule has 1 atom stereocenters. The zero-order valence-corrected chi connectivity index (χ0v) is 7.84. The highest BCUT2D eigenvalue weighted by atomic mass is 32.2. The standard InChI is InChI=1S/C9H10O3S/c10-13(11)8-3-4-9-7(6-8)2-1-5-12-9/h3-4,6H,1-2,5H2,(H,10,11). The van der Waals surface area contributed by atoms with Crippen molar-refractivity contribution in [1.82, 2.24) is 0 Å². The summed E-state index contributed by atoms with van der Waals surface area (Å²) >= 11 is -1.88. The largest absolute Gasteiger partial charge is 0.493 e. The van der Waals surface area contributed by atoms with E-state index in [4.69, 9.17) is 9.29 Å². The molecule has 1 unspecified atom stereocenters. The molecule has 0 aromatic heterocycles. The summed E-state index contributed by atoms with van der Waals surface area (Å²) in [5.41, 5.74) is 1.03. The molecule has 0 aliphatic carbocycles. The van der Waals surface area contributed by atoms with Crippen LogP contribution in [0.3, 0.4) is 0 Å². The number of aryl methyl sites for hydroxylation is 1. The molecule has 0 radical (unpaired) electrons. The van der Waals surface area contributed by atoms with E-state index in [0.717, 1.165) is 30.8 Å². The van der Waals surface area contributed by atoms with Gasteiger partial charge in [0.2, 0.25) is 0 Å². The van der Waals surface area contributed by atoms with Gasteiger partial charge in [0.25, 0.3) is 0 Å². The van der Waals surface area contributed by atoms with Crippen molar-refractivity contribution in [3.05, 3.63) is 23.8 Å². The van der Waals surface area contributed by atoms with Crippen molar-refractivity contribution in [3.63, 3.8) is 0 Å². The third kappa shape index (κ3) is 1.73. The fourth-order valence-corrected chi connectivity index (χ4v) is 1.87. The summed E-state index contributed by atoms with van der Waals surface area (Å²) in [6.07, 6.45) is 1.91. The maximum Gasteiger partial charge on any atom is 0.186 e. The van der Waals surface area contributed by atoms with Crippen molar-refractivity contribution >= 4 is 11.1 Å². The molecule has 13 heavy (non-hydrogen) atoms. The smallest absolute Gasteiger partial charge is 0.186 e. The van der Waals surface area contributed by atoms with Crippen LogP contribution in [0.25, 0.3) is 0 Å². The fourth-order valence-electron chi connectivity index (χ4n) is 1.45. The van der Waals surface area contributed by atoms with E-state index in [-0.39, 0.29) is 0 Å². The molecule has 1 heterocycles. The molecule has 0 saturated carbocycles. The highest BCUT2D eigenvalue weighted by molar-refractivity contribution is 7.79. The summed E-state index contributed by atoms with van der Waals surface area (Å²) in [4.78, 5) is 0.448. The van der Waals surface area contributed by atoms with E-state index in [1.54, 1.807) is 18.2 Å². The Bertz CT molecular complexity index is 349. The summed E-state index contributed by atoms with van der Waals surface area (Å²) in [5.74, 6) is 0.848. The number of rotatable bonds is 1. The average molecular weight is 198 g/mol. The van der Waals surface area contributed by atoms with E-state index in [9.17, 15) is 4.21 Å². The van der Waals surface area contributed by atoms with Crippen molar-refractivity contribution in [3.8, 4) is 5.75 Å². The number of benzene rings is 1. The molecule has 0 amide bonds. The molecule has 1 aromatic carbocycles. The Kier molecular flexibility index (Phi) is 2.33. The zero-order chi connectivity index (χ0) is 9.26. The molecular formula is C9H10O3S. The van der Waals surface area contributed by atoms with Crippen LogP contribution in [0.5, 0.6) is 5.75 Å². The van der Waals surface area contributed by atoms with Crippen molar-refractivity contribution in [2.24, 2.45) is 0 Å². The lowest BCUT2D eigenvalue weighted by molar-refractivity contribution is 0.288. The minimum atomic E-state index is -1.88. The number of fused-ring (bicyclic) bond motifs is 1. The number of hydrogen-bond donors (Lipinski definition) is 1. The van der Waals surface area contributed by atoms with Gasteiger partial charge in [-0.2, -0.15) is 0 Å². The van der Waals surface area contributed by atoms with Gasteiger partial charge in [0.05, 0.1) is 11.5 Å². The molecule has 1 N–H and O–H groups in total. The second kappa shape index (κ2) is 3.47. The highest BCUT2D eigenvalue weighted by Crippen LogP contribution is 2.26. The van der Waals surface area contributed by atoms with Gasteiger partial charge in [-0.1, -0.05) is 0 Å². The molecule has 0 saturated heterocycles. The molecule has 2 rings (SSSR count). The Balaban J connectivity index is 2.40. The summed E-state index contributed by atoms with van der Waals surface area (Å²) in [6.45, 7) is 0.745. The zero-order valence-electron chi connectivity index (χ0n) is 7.03. The lowest BCUT2D eigenvalue weighted by Gasteiger charge is -2.16. The van der Waals surface area contributed by atoms with E-state index in [1.165, 1.54) is 0 Å². The fraction of sp³-hybridized carbons (Fsp3) is 0.333. The van der Waals surface area contributed by atoms with Crippen LogP contribution < -0.4 is 4.74 Å². The number of ether oxygens (including phenoxy) is 1. The van der Waals surface area contributed by atoms with Gasteiger partial charge in [-0.15, -0.1) is 0 Å². The number of hydrogen-bond acceptors (Lipinski definition) is 2. The van der Waals surface area contributed by atoms with E-state index >= 15 is 0 Å². The van der Waals surface area contributed by atoms with E-state index in [2.05, 4.69) is 0 Å². The molecule has 70 valence electrons. The van der Waals surface area contributed by atoms with E-state index < -0.39 is 11.1 Å². The van der Waals surface area contributed by atoms with Crippen molar-refractivity contribution < 1.29 is 13.5 Å². The van der Waals surface area contributed by atoms with Crippen LogP contribution in [-0.2, 0) is 17.5 Å². The van der Waals surface area contributed by atoms with E-state index in [1.807, 2.05) is 0 Å². The quantitative estimate of drug-likeness (QED) is 0.697. The van der Waals surface area contributed by atoms with Crippen LogP contribution >= 0.6 is 0 Å². The second-order valence-corrected chi connectivity index (χ2v) is 3.94. The molecule has 1 aromatic rings. The third-order valence-corrected chi connectivity index (χ3v) is 2.74. The first-order chi connectivity index (χ1) is 6.27. The maximum absolute atomic E-state index is 10.8. The van der Waals surface area contributed by atoms with Crippen LogP contribution in [0.2, 0.25) is 0 Å². The topological polar surface area (TPSA) is 46.5 Å². The molecule has 0 spiro atoms. The van der Waals surface area contributed by atoms with Crippen LogP contribution in [0.15, 0.2) is 23.1 Å². The van der Waals surface area contributed by atoms with Crippen LogP contribution in [0, 0.1) is 0 Å². The van der Waals surface area contributed by atoms with Gasteiger partial charge in [-0.3, -0.25) is 0 Å². The van der Waals surface area contributed by atoms with Crippen molar-refractivity contribution in [2.45, 2.75) is 17.7 Å². The SMILES string of the molecule is O=S(O)c1ccc2c(c1)CCCO2. The van der Waals surface area contributed by atoms with Crippen LogP contribution in [0.1, 0.15) is 12.0 Å². The van der Waals surface area contributed by atoms with Gasteiger partial charge in [0, 0.05) is 0 Å². The van der Waals surface area contributed by atoms with E-state index in [0.29, 0.717) is 4.90 Å². The minimum Gasteiger partial charge on any atom is -0.493 e. The van der Waals surface area contributed by atoms with Gasteiger partial charge >= 0.3 is 0 Å². The summed E-state index contributed by atoms with van der Waals surface area (Å²) in [5, 5.41) is 0. The average Bonchev–Trinajstić information content (AvgIpc) is 2.17. The van der Waals surface area contributed by atoms with Gasteiger partial charge in [0.15, 0.2) is 11.1 Å². The van der Waals surface area contributed by atoms with Gasteiger partial charge < -0.3 is 9.29 Å². The Labute approximate surface area is 79.0 Å². The molecule has 3 nitrogen and oxygen atoms in total. The normalized spacial score (nSPS) is 17.3. The monoisotopic (exact) mass is 198 g/mol. The van der Waals surface area contributed by atoms with Crippen LogP contribution in [-0.4, -0.2) is 15.4 Å². The lowest BCUT2D eigenvalue weighted by Crippen LogP contribution is -2.08. The first kappa shape index (κ1) is 8.72. The second-order valence-electron chi connectivity index (χ2n) is 2.97. The van der Waals surface area contributed by atoms with Gasteiger partial charge in [-0.05, 0) is 36.6 Å². The Morgan fingerprint density at radius 3 is 3.08 bits per heavy atom. The predicted octanol–water partition coefficient (Wildman–Crippen LogP) is 1.59. The van der Waals surface area contributed by atoms with Gasteiger partial charge in [0.1, 0.15) is 5.75 Å². The van der Waals surface area contributed by atoms with Crippen molar-refractivity contribution in [1.29, 1.82) is 0 Å². The molecule has 4 heteroatoms. The highest BCUT2D eigenvalue weighted by Gasteiger charge is 2.11. The Morgan fingerprint density at radius 1 is 1.46 bits per heavy atom. The van der Waals surface area contributed by atoms with Gasteiger partial charge in [-0.25, -0.2) is 4.21 Å².